The first-order valence-corrected chi connectivity index (χ1v) is 8.48. The van der Waals surface area contributed by atoms with Crippen molar-refractivity contribution >= 4 is 46.2 Å². The van der Waals surface area contributed by atoms with Crippen LogP contribution in [0.2, 0.25) is 5.02 Å². The molecule has 2 aromatic rings. The van der Waals surface area contributed by atoms with Crippen LogP contribution in [0.4, 0.5) is 17.1 Å². The Morgan fingerprint density at radius 2 is 1.96 bits per heavy atom. The predicted molar refractivity (Wildman–Crippen MR) is 108 cm³/mol. The molecule has 0 fully saturated rings. The lowest BCUT2D eigenvalue weighted by molar-refractivity contribution is -0.384. The van der Waals surface area contributed by atoms with E-state index in [2.05, 4.69) is 15.8 Å². The van der Waals surface area contributed by atoms with Crippen LogP contribution in [-0.2, 0) is 4.79 Å². The molecule has 2 rings (SSSR count). The minimum atomic E-state index is -0.677. The monoisotopic (exact) mass is 403 g/mol. The summed E-state index contributed by atoms with van der Waals surface area (Å²) in [6, 6.07) is 8.61. The van der Waals surface area contributed by atoms with Gasteiger partial charge in [0, 0.05) is 34.2 Å². The van der Waals surface area contributed by atoms with Gasteiger partial charge in [-0.05, 0) is 43.7 Å². The zero-order chi connectivity index (χ0) is 20.8. The van der Waals surface area contributed by atoms with Crippen LogP contribution < -0.4 is 16.5 Å². The average Bonchev–Trinajstić information content (AvgIpc) is 2.61. The van der Waals surface area contributed by atoms with Gasteiger partial charge in [-0.1, -0.05) is 11.6 Å². The first-order chi connectivity index (χ1) is 13.2. The van der Waals surface area contributed by atoms with Crippen LogP contribution in [0.3, 0.4) is 0 Å². The van der Waals surface area contributed by atoms with E-state index >= 15 is 0 Å². The molecule has 146 valence electrons. The molecule has 0 aromatic heterocycles. The number of hydrazone groups is 1. The van der Waals surface area contributed by atoms with E-state index in [1.165, 1.54) is 6.07 Å². The molecule has 0 spiro atoms. The van der Waals surface area contributed by atoms with Crippen LogP contribution in [0.15, 0.2) is 41.5 Å². The van der Waals surface area contributed by atoms with E-state index in [4.69, 9.17) is 17.3 Å². The molecular weight excluding hydrogens is 386 g/mol. The van der Waals surface area contributed by atoms with Gasteiger partial charge in [-0.15, -0.1) is 0 Å². The van der Waals surface area contributed by atoms with Gasteiger partial charge >= 0.3 is 0 Å². The van der Waals surface area contributed by atoms with Gasteiger partial charge in [0.15, 0.2) is 0 Å². The van der Waals surface area contributed by atoms with Crippen molar-refractivity contribution in [2.45, 2.75) is 20.3 Å². The molecule has 0 atom stereocenters. The van der Waals surface area contributed by atoms with Gasteiger partial charge in [-0.3, -0.25) is 19.7 Å². The number of hydrogen-bond donors (Lipinski definition) is 3. The standard InChI is InChI=1S/C18H18ClN5O4/c1-10-5-13(19)3-4-16(10)21-17(25)6-11(2)22-23-18(26)12-7-14(20)9-15(8-12)24(27)28/h3-5,7-9H,6,20H2,1-2H3,(H,21,25)(H,23,26)/b22-11+. The Bertz CT molecular complexity index is 974. The molecule has 0 aliphatic heterocycles. The smallest absolute Gasteiger partial charge is 0.272 e. The van der Waals surface area contributed by atoms with Crippen molar-refractivity contribution < 1.29 is 14.5 Å². The Balaban J connectivity index is 1.99. The van der Waals surface area contributed by atoms with E-state index in [9.17, 15) is 19.7 Å². The summed E-state index contributed by atoms with van der Waals surface area (Å²) in [5.74, 6) is -0.996. The van der Waals surface area contributed by atoms with Crippen molar-refractivity contribution in [2.75, 3.05) is 11.1 Å². The third-order valence-corrected chi connectivity index (χ3v) is 3.88. The highest BCUT2D eigenvalue weighted by molar-refractivity contribution is 6.30. The van der Waals surface area contributed by atoms with Crippen molar-refractivity contribution in [3.05, 3.63) is 62.7 Å². The first kappa shape index (κ1) is 20.8. The second-order valence-corrected chi connectivity index (χ2v) is 6.48. The van der Waals surface area contributed by atoms with E-state index in [0.29, 0.717) is 16.4 Å². The number of carbonyl (C=O) groups excluding carboxylic acids is 2. The quantitative estimate of drug-likeness (QED) is 0.294. The molecule has 28 heavy (non-hydrogen) atoms. The van der Waals surface area contributed by atoms with Gasteiger partial charge < -0.3 is 11.1 Å². The van der Waals surface area contributed by atoms with Gasteiger partial charge in [-0.25, -0.2) is 5.43 Å². The predicted octanol–water partition coefficient (Wildman–Crippen LogP) is 3.27. The zero-order valence-electron chi connectivity index (χ0n) is 15.2. The number of rotatable bonds is 6. The van der Waals surface area contributed by atoms with E-state index in [0.717, 1.165) is 17.7 Å². The molecule has 2 aromatic carbocycles. The van der Waals surface area contributed by atoms with Crippen LogP contribution in [-0.4, -0.2) is 22.4 Å². The third kappa shape index (κ3) is 5.78. The van der Waals surface area contributed by atoms with Gasteiger partial charge in [0.25, 0.3) is 11.6 Å². The van der Waals surface area contributed by atoms with E-state index in [1.807, 2.05) is 6.92 Å². The molecule has 10 heteroatoms. The summed E-state index contributed by atoms with van der Waals surface area (Å²) in [5, 5.41) is 18.0. The number of amides is 2. The number of nitro benzene ring substituents is 1. The summed E-state index contributed by atoms with van der Waals surface area (Å²) in [4.78, 5) is 34.4. The Morgan fingerprint density at radius 3 is 2.61 bits per heavy atom. The number of benzene rings is 2. The normalized spacial score (nSPS) is 11.0. The fourth-order valence-electron chi connectivity index (χ4n) is 2.32. The summed E-state index contributed by atoms with van der Waals surface area (Å²) in [6.45, 7) is 3.38. The van der Waals surface area contributed by atoms with Crippen molar-refractivity contribution in [1.82, 2.24) is 5.43 Å². The van der Waals surface area contributed by atoms with Gasteiger partial charge in [0.05, 0.1) is 16.9 Å². The first-order valence-electron chi connectivity index (χ1n) is 8.10. The maximum Gasteiger partial charge on any atom is 0.272 e. The molecule has 0 bridgehead atoms. The second-order valence-electron chi connectivity index (χ2n) is 6.04. The number of nitrogens with one attached hydrogen (secondary N) is 2. The molecule has 0 saturated carbocycles. The van der Waals surface area contributed by atoms with Crippen LogP contribution in [0.1, 0.15) is 29.3 Å². The average molecular weight is 404 g/mol. The molecule has 0 aliphatic carbocycles. The van der Waals surface area contributed by atoms with Crippen molar-refractivity contribution in [3.8, 4) is 0 Å². The van der Waals surface area contributed by atoms with Gasteiger partial charge in [0.2, 0.25) is 5.91 Å². The van der Waals surface area contributed by atoms with Crippen LogP contribution in [0.5, 0.6) is 0 Å². The number of hydrogen-bond acceptors (Lipinski definition) is 6. The highest BCUT2D eigenvalue weighted by Gasteiger charge is 2.14. The Labute approximate surface area is 165 Å². The number of nitrogen functional groups attached to an aromatic ring is 1. The molecule has 4 N–H and O–H groups in total. The maximum absolute atomic E-state index is 12.1. The summed E-state index contributed by atoms with van der Waals surface area (Å²) in [6.07, 6.45) is -0.0561. The fraction of sp³-hybridized carbons (Fsp3) is 0.167. The summed E-state index contributed by atoms with van der Waals surface area (Å²) < 4.78 is 0. The molecular formula is C18H18ClN5O4. The van der Waals surface area contributed by atoms with Crippen LogP contribution >= 0.6 is 11.6 Å². The van der Waals surface area contributed by atoms with E-state index in [1.54, 1.807) is 25.1 Å². The fourth-order valence-corrected chi connectivity index (χ4v) is 2.54. The lowest BCUT2D eigenvalue weighted by Gasteiger charge is -2.09. The van der Waals surface area contributed by atoms with E-state index < -0.39 is 10.8 Å². The number of carbonyl (C=O) groups is 2. The second kappa shape index (κ2) is 8.96. The summed E-state index contributed by atoms with van der Waals surface area (Å²) in [7, 11) is 0. The number of nitrogens with zero attached hydrogens (tertiary/aromatic N) is 2. The van der Waals surface area contributed by atoms with Crippen molar-refractivity contribution in [3.63, 3.8) is 0 Å². The van der Waals surface area contributed by atoms with E-state index in [-0.39, 0.29) is 29.3 Å². The lowest BCUT2D eigenvalue weighted by Crippen LogP contribution is -2.22. The molecule has 9 nitrogen and oxygen atoms in total. The van der Waals surface area contributed by atoms with Crippen LogP contribution in [0.25, 0.3) is 0 Å². The lowest BCUT2D eigenvalue weighted by atomic mass is 10.1. The molecule has 2 amide bonds. The van der Waals surface area contributed by atoms with Crippen molar-refractivity contribution in [2.24, 2.45) is 5.10 Å². The Morgan fingerprint density at radius 1 is 1.25 bits per heavy atom. The summed E-state index contributed by atoms with van der Waals surface area (Å²) >= 11 is 5.88. The van der Waals surface area contributed by atoms with Gasteiger partial charge in [0.1, 0.15) is 0 Å². The SMILES string of the molecule is C/C(CC(=O)Nc1ccc(Cl)cc1C)=N\NC(=O)c1cc(N)cc([N+](=O)[O-])c1. The maximum atomic E-state index is 12.1. The minimum absolute atomic E-state index is 0.00973. The largest absolute Gasteiger partial charge is 0.399 e. The number of aryl methyl sites for hydroxylation is 1. The summed E-state index contributed by atoms with van der Waals surface area (Å²) in [5.41, 5.74) is 9.37. The zero-order valence-corrected chi connectivity index (χ0v) is 15.9. The number of nitrogens with two attached hydrogens (primary N) is 1. The molecule has 0 unspecified atom stereocenters. The number of nitro groups is 1. The van der Waals surface area contributed by atoms with Crippen molar-refractivity contribution in [1.29, 1.82) is 0 Å². The van der Waals surface area contributed by atoms with Gasteiger partial charge in [-0.2, -0.15) is 5.10 Å². The molecule has 0 heterocycles. The topological polar surface area (TPSA) is 140 Å². The molecule has 0 radical (unpaired) electrons. The highest BCUT2D eigenvalue weighted by Crippen LogP contribution is 2.20. The number of anilines is 2. The molecule has 0 saturated heterocycles. The Hall–Kier alpha value is -3.46. The number of non-ortho nitro benzene ring substituents is 1. The van der Waals surface area contributed by atoms with Crippen LogP contribution in [0, 0.1) is 17.0 Å². The third-order valence-electron chi connectivity index (χ3n) is 3.64. The minimum Gasteiger partial charge on any atom is -0.399 e. The Kier molecular flexibility index (Phi) is 6.67. The number of halogens is 1. The molecule has 0 aliphatic rings. The highest BCUT2D eigenvalue weighted by atomic mass is 35.5.